The Balaban J connectivity index is 0.00000280. The van der Waals surface area contributed by atoms with Crippen molar-refractivity contribution in [3.63, 3.8) is 0 Å². The van der Waals surface area contributed by atoms with Gasteiger partial charge in [0.05, 0.1) is 12.5 Å². The van der Waals surface area contributed by atoms with Crippen molar-refractivity contribution in [2.75, 3.05) is 18.4 Å². The molecule has 1 aliphatic rings. The van der Waals surface area contributed by atoms with Gasteiger partial charge in [-0.1, -0.05) is 42.5 Å². The minimum atomic E-state index is -0.191. The van der Waals surface area contributed by atoms with Crippen LogP contribution in [-0.2, 0) is 17.9 Å². The molecule has 6 nitrogen and oxygen atoms in total. The maximum absolute atomic E-state index is 11.4. The van der Waals surface area contributed by atoms with E-state index >= 15 is 0 Å². The van der Waals surface area contributed by atoms with Crippen LogP contribution in [0.2, 0.25) is 0 Å². The fourth-order valence-electron chi connectivity index (χ4n) is 3.40. The molecule has 1 unspecified atom stereocenters. The molecule has 1 aliphatic heterocycles. The summed E-state index contributed by atoms with van der Waals surface area (Å²) in [6.45, 7) is 3.08. The third kappa shape index (κ3) is 6.79. The lowest BCUT2D eigenvalue weighted by Gasteiger charge is -2.31. The number of piperidine rings is 1. The first-order chi connectivity index (χ1) is 13.1. The number of halogens is 1. The molecule has 3 rings (SSSR count). The molecule has 2 aromatic rings. The second-order valence-corrected chi connectivity index (χ2v) is 6.99. The highest BCUT2D eigenvalue weighted by Crippen LogP contribution is 2.19. The summed E-state index contributed by atoms with van der Waals surface area (Å²) in [6, 6.07) is 18.1. The van der Waals surface area contributed by atoms with Gasteiger partial charge in [0, 0.05) is 18.8 Å². The van der Waals surface area contributed by atoms with Crippen LogP contribution >= 0.6 is 24.0 Å². The van der Waals surface area contributed by atoms with E-state index in [-0.39, 0.29) is 35.8 Å². The van der Waals surface area contributed by atoms with Crippen LogP contribution in [-0.4, -0.2) is 29.9 Å². The molecule has 0 aromatic heterocycles. The molecule has 5 N–H and O–H groups in total. The normalized spacial score (nSPS) is 17.6. The van der Waals surface area contributed by atoms with E-state index in [1.807, 2.05) is 42.5 Å². The van der Waals surface area contributed by atoms with E-state index in [4.69, 9.17) is 11.5 Å². The van der Waals surface area contributed by atoms with Gasteiger partial charge in [0.25, 0.3) is 0 Å². The number of amides is 1. The van der Waals surface area contributed by atoms with Crippen molar-refractivity contribution in [2.24, 2.45) is 22.4 Å². The van der Waals surface area contributed by atoms with E-state index in [0.717, 1.165) is 43.7 Å². The third-order valence-corrected chi connectivity index (χ3v) is 4.78. The monoisotopic (exact) mass is 493 g/mol. The number of hydrogen-bond donors (Lipinski definition) is 3. The van der Waals surface area contributed by atoms with Gasteiger partial charge in [-0.3, -0.25) is 9.69 Å². The summed E-state index contributed by atoms with van der Waals surface area (Å²) in [5.41, 5.74) is 14.7. The van der Waals surface area contributed by atoms with Crippen LogP contribution in [0.1, 0.15) is 24.0 Å². The van der Waals surface area contributed by atoms with Crippen molar-refractivity contribution >= 4 is 41.5 Å². The van der Waals surface area contributed by atoms with E-state index in [9.17, 15) is 4.79 Å². The highest BCUT2D eigenvalue weighted by atomic mass is 127. The van der Waals surface area contributed by atoms with Gasteiger partial charge in [0.1, 0.15) is 0 Å². The summed E-state index contributed by atoms with van der Waals surface area (Å²) >= 11 is 0. The molecule has 28 heavy (non-hydrogen) atoms. The Morgan fingerprint density at radius 3 is 2.61 bits per heavy atom. The SMILES string of the molecule is I.NC(=O)C1CCCN(Cc2cccc(CN=C(N)Nc3ccccc3)c2)C1. The van der Waals surface area contributed by atoms with Gasteiger partial charge in [-0.2, -0.15) is 0 Å². The molecule has 0 radical (unpaired) electrons. The lowest BCUT2D eigenvalue weighted by Crippen LogP contribution is -2.40. The molecule has 1 atom stereocenters. The quantitative estimate of drug-likeness (QED) is 0.328. The van der Waals surface area contributed by atoms with Crippen LogP contribution in [0.4, 0.5) is 5.69 Å². The molecule has 1 saturated heterocycles. The molecule has 0 aliphatic carbocycles. The van der Waals surface area contributed by atoms with E-state index < -0.39 is 0 Å². The number of nitrogens with two attached hydrogens (primary N) is 2. The number of carbonyl (C=O) groups is 1. The van der Waals surface area contributed by atoms with Crippen molar-refractivity contribution in [1.29, 1.82) is 0 Å². The first-order valence-corrected chi connectivity index (χ1v) is 9.31. The van der Waals surface area contributed by atoms with Gasteiger partial charge in [0.15, 0.2) is 5.96 Å². The smallest absolute Gasteiger partial charge is 0.221 e. The van der Waals surface area contributed by atoms with Crippen molar-refractivity contribution in [2.45, 2.75) is 25.9 Å². The van der Waals surface area contributed by atoms with Crippen molar-refractivity contribution in [1.82, 2.24) is 4.90 Å². The standard InChI is InChI=1S/C21H27N5O.HI/c22-20(27)18-8-5-11-26(15-18)14-17-7-4-6-16(12-17)13-24-21(23)25-19-9-2-1-3-10-19;/h1-4,6-7,9-10,12,18H,5,8,11,13-15H2,(H2,22,27)(H3,23,24,25);1H. The molecule has 1 fully saturated rings. The van der Waals surface area contributed by atoms with Crippen molar-refractivity contribution < 1.29 is 4.79 Å². The topological polar surface area (TPSA) is 96.7 Å². The molecule has 0 spiro atoms. The Morgan fingerprint density at radius 2 is 1.86 bits per heavy atom. The highest BCUT2D eigenvalue weighted by molar-refractivity contribution is 14.0. The summed E-state index contributed by atoms with van der Waals surface area (Å²) in [7, 11) is 0. The first kappa shape index (κ1) is 22.2. The Kier molecular flexibility index (Phi) is 8.72. The van der Waals surface area contributed by atoms with Crippen LogP contribution in [0, 0.1) is 5.92 Å². The maximum Gasteiger partial charge on any atom is 0.221 e. The largest absolute Gasteiger partial charge is 0.370 e. The lowest BCUT2D eigenvalue weighted by molar-refractivity contribution is -0.123. The number of para-hydroxylation sites is 1. The van der Waals surface area contributed by atoms with E-state index in [1.54, 1.807) is 0 Å². The summed E-state index contributed by atoms with van der Waals surface area (Å²) in [4.78, 5) is 18.2. The van der Waals surface area contributed by atoms with Gasteiger partial charge in [-0.25, -0.2) is 4.99 Å². The zero-order valence-electron chi connectivity index (χ0n) is 15.9. The average Bonchev–Trinajstić information content (AvgIpc) is 2.68. The number of nitrogens with one attached hydrogen (secondary N) is 1. The van der Waals surface area contributed by atoms with Gasteiger partial charge in [0.2, 0.25) is 5.91 Å². The molecule has 7 heteroatoms. The molecule has 0 saturated carbocycles. The Morgan fingerprint density at radius 1 is 1.11 bits per heavy atom. The second kappa shape index (κ2) is 11.0. The number of anilines is 1. The molecule has 1 amide bonds. The zero-order chi connectivity index (χ0) is 19.1. The Bertz CT molecular complexity index is 796. The van der Waals surface area contributed by atoms with Crippen LogP contribution in [0.3, 0.4) is 0 Å². The molecule has 0 bridgehead atoms. The molecule has 150 valence electrons. The van der Waals surface area contributed by atoms with Crippen molar-refractivity contribution in [3.8, 4) is 0 Å². The Labute approximate surface area is 183 Å². The average molecular weight is 493 g/mol. The summed E-state index contributed by atoms with van der Waals surface area (Å²) < 4.78 is 0. The van der Waals surface area contributed by atoms with Crippen LogP contribution in [0.5, 0.6) is 0 Å². The highest BCUT2D eigenvalue weighted by Gasteiger charge is 2.23. The molecule has 2 aromatic carbocycles. The number of guanidine groups is 1. The number of aliphatic imine (C=N–C) groups is 1. The Hall–Kier alpha value is -2.13. The number of hydrogen-bond acceptors (Lipinski definition) is 3. The number of primary amides is 1. The first-order valence-electron chi connectivity index (χ1n) is 9.31. The van der Waals surface area contributed by atoms with Gasteiger partial charge >= 0.3 is 0 Å². The van der Waals surface area contributed by atoms with Crippen LogP contribution < -0.4 is 16.8 Å². The molecular weight excluding hydrogens is 465 g/mol. The number of rotatable bonds is 6. The number of nitrogens with zero attached hydrogens (tertiary/aromatic N) is 2. The van der Waals surface area contributed by atoms with Gasteiger partial charge < -0.3 is 16.8 Å². The number of likely N-dealkylation sites (tertiary alicyclic amines) is 1. The third-order valence-electron chi connectivity index (χ3n) is 4.78. The van der Waals surface area contributed by atoms with E-state index in [0.29, 0.717) is 12.5 Å². The van der Waals surface area contributed by atoms with Crippen molar-refractivity contribution in [3.05, 3.63) is 65.7 Å². The molecular formula is C21H28IN5O. The molecule has 1 heterocycles. The lowest BCUT2D eigenvalue weighted by atomic mass is 9.97. The summed E-state index contributed by atoms with van der Waals surface area (Å²) in [5.74, 6) is 0.173. The fraction of sp³-hybridized carbons (Fsp3) is 0.333. The summed E-state index contributed by atoms with van der Waals surface area (Å²) in [6.07, 6.45) is 1.91. The fourth-order valence-corrected chi connectivity index (χ4v) is 3.40. The van der Waals surface area contributed by atoms with Gasteiger partial charge in [-0.05, 0) is 42.6 Å². The zero-order valence-corrected chi connectivity index (χ0v) is 18.2. The minimum Gasteiger partial charge on any atom is -0.370 e. The second-order valence-electron chi connectivity index (χ2n) is 6.99. The van der Waals surface area contributed by atoms with Gasteiger partial charge in [-0.15, -0.1) is 24.0 Å². The minimum absolute atomic E-state index is 0. The summed E-state index contributed by atoms with van der Waals surface area (Å²) in [5, 5.41) is 3.08. The van der Waals surface area contributed by atoms with E-state index in [1.165, 1.54) is 5.56 Å². The van der Waals surface area contributed by atoms with E-state index in [2.05, 4.69) is 27.3 Å². The number of carbonyl (C=O) groups excluding carboxylic acids is 1. The number of benzene rings is 2. The predicted molar refractivity (Wildman–Crippen MR) is 124 cm³/mol. The maximum atomic E-state index is 11.4. The van der Waals surface area contributed by atoms with Crippen LogP contribution in [0.15, 0.2) is 59.6 Å². The van der Waals surface area contributed by atoms with Crippen LogP contribution in [0.25, 0.3) is 0 Å². The predicted octanol–water partition coefficient (Wildman–Crippen LogP) is 2.93.